The van der Waals surface area contributed by atoms with Gasteiger partial charge in [0.05, 0.1) is 30.4 Å². The van der Waals surface area contributed by atoms with Gasteiger partial charge in [-0.2, -0.15) is 0 Å². The average molecular weight is 303 g/mol. The molecule has 1 aliphatic heterocycles. The summed E-state index contributed by atoms with van der Waals surface area (Å²) in [6.07, 6.45) is 8.94. The minimum Gasteiger partial charge on any atom is -0.388 e. The first-order chi connectivity index (χ1) is 11.3. The molecule has 1 aromatic carbocycles. The molecular weight excluding hydrogens is 286 g/mol. The monoisotopic (exact) mass is 303 g/mol. The summed E-state index contributed by atoms with van der Waals surface area (Å²) in [5.41, 5.74) is 5.89. The molecule has 2 aromatic heterocycles. The van der Waals surface area contributed by atoms with Crippen molar-refractivity contribution in [2.75, 3.05) is 0 Å². The van der Waals surface area contributed by atoms with Crippen LogP contribution in [0.4, 0.5) is 0 Å². The van der Waals surface area contributed by atoms with Crippen LogP contribution >= 0.6 is 0 Å². The fourth-order valence-electron chi connectivity index (χ4n) is 4.29. The zero-order valence-electron chi connectivity index (χ0n) is 12.6. The van der Waals surface area contributed by atoms with Gasteiger partial charge in [0.2, 0.25) is 0 Å². The Hall–Kier alpha value is -2.46. The summed E-state index contributed by atoms with van der Waals surface area (Å²) >= 11 is 0. The third-order valence-electron chi connectivity index (χ3n) is 5.34. The van der Waals surface area contributed by atoms with Crippen molar-refractivity contribution in [1.29, 1.82) is 0 Å². The fourth-order valence-corrected chi connectivity index (χ4v) is 4.29. The smallest absolute Gasteiger partial charge is 0.0956 e. The normalized spacial score (nSPS) is 24.8. The van der Waals surface area contributed by atoms with E-state index in [4.69, 9.17) is 0 Å². The van der Waals surface area contributed by atoms with E-state index in [9.17, 15) is 5.11 Å². The first kappa shape index (κ1) is 13.0. The number of hydrogen-bond acceptors (Lipinski definition) is 3. The van der Waals surface area contributed by atoms with E-state index in [1.165, 1.54) is 16.7 Å². The van der Waals surface area contributed by atoms with Crippen LogP contribution in [-0.2, 0) is 6.42 Å². The molecule has 0 radical (unpaired) electrons. The van der Waals surface area contributed by atoms with Gasteiger partial charge in [0.15, 0.2) is 0 Å². The minimum atomic E-state index is -0.465. The van der Waals surface area contributed by atoms with Crippen LogP contribution in [0.5, 0.6) is 0 Å². The van der Waals surface area contributed by atoms with Crippen molar-refractivity contribution in [2.45, 2.75) is 25.0 Å². The number of hydrogen-bond donors (Lipinski definition) is 1. The molecule has 3 aromatic rings. The Morgan fingerprint density at radius 3 is 2.91 bits per heavy atom. The molecule has 4 nitrogen and oxygen atoms in total. The highest BCUT2D eigenvalue weighted by atomic mass is 16.3. The summed E-state index contributed by atoms with van der Waals surface area (Å²) in [7, 11) is 0. The predicted molar refractivity (Wildman–Crippen MR) is 86.8 cm³/mol. The molecule has 23 heavy (non-hydrogen) atoms. The number of rotatable bonds is 1. The van der Waals surface area contributed by atoms with Crippen molar-refractivity contribution in [2.24, 2.45) is 5.92 Å². The van der Waals surface area contributed by atoms with Crippen molar-refractivity contribution in [1.82, 2.24) is 14.5 Å². The molecule has 114 valence electrons. The van der Waals surface area contributed by atoms with Gasteiger partial charge in [-0.15, -0.1) is 0 Å². The zero-order valence-corrected chi connectivity index (χ0v) is 12.6. The second-order valence-electron chi connectivity index (χ2n) is 6.44. The Labute approximate surface area is 134 Å². The highest BCUT2D eigenvalue weighted by Crippen LogP contribution is 2.49. The standard InChI is InChI=1S/C19H17N3O/c23-19-13-7-8-20-9-12(13)5-6-16(19)18-15-4-2-1-3-14(15)17-10-21-11-22(17)18/h1-4,7-11,16,18-19,23H,5-6H2/t16-,18?,19-/m0/s1. The average Bonchev–Trinajstić information content (AvgIpc) is 3.17. The van der Waals surface area contributed by atoms with Gasteiger partial charge in [0.25, 0.3) is 0 Å². The molecule has 0 spiro atoms. The Kier molecular flexibility index (Phi) is 2.70. The summed E-state index contributed by atoms with van der Waals surface area (Å²) in [4.78, 5) is 8.52. The quantitative estimate of drug-likeness (QED) is 0.751. The largest absolute Gasteiger partial charge is 0.388 e. The van der Waals surface area contributed by atoms with Crippen molar-refractivity contribution < 1.29 is 5.11 Å². The van der Waals surface area contributed by atoms with Gasteiger partial charge >= 0.3 is 0 Å². The molecule has 1 aliphatic carbocycles. The highest BCUT2D eigenvalue weighted by Gasteiger charge is 2.40. The molecule has 0 fully saturated rings. The molecule has 1 N–H and O–H groups in total. The first-order valence-electron chi connectivity index (χ1n) is 8.06. The van der Waals surface area contributed by atoms with Gasteiger partial charge < -0.3 is 9.67 Å². The van der Waals surface area contributed by atoms with Crippen molar-refractivity contribution in [3.05, 3.63) is 71.9 Å². The predicted octanol–water partition coefficient (Wildman–Crippen LogP) is 3.14. The number of aromatic nitrogens is 3. The molecule has 2 aliphatic rings. The summed E-state index contributed by atoms with van der Waals surface area (Å²) < 4.78 is 2.23. The number of aliphatic hydroxyl groups is 1. The van der Waals surface area contributed by atoms with Gasteiger partial charge in [-0.05, 0) is 35.6 Å². The van der Waals surface area contributed by atoms with Gasteiger partial charge in [0.1, 0.15) is 0 Å². The van der Waals surface area contributed by atoms with Crippen LogP contribution < -0.4 is 0 Å². The topological polar surface area (TPSA) is 50.9 Å². The lowest BCUT2D eigenvalue weighted by Gasteiger charge is -2.35. The molecule has 0 amide bonds. The van der Waals surface area contributed by atoms with Crippen LogP contribution in [0.2, 0.25) is 0 Å². The van der Waals surface area contributed by atoms with E-state index >= 15 is 0 Å². The molecule has 3 heterocycles. The van der Waals surface area contributed by atoms with E-state index in [0.717, 1.165) is 24.1 Å². The third-order valence-corrected chi connectivity index (χ3v) is 5.34. The Morgan fingerprint density at radius 1 is 1.04 bits per heavy atom. The van der Waals surface area contributed by atoms with Crippen LogP contribution in [0.1, 0.15) is 35.3 Å². The summed E-state index contributed by atoms with van der Waals surface area (Å²) in [5.74, 6) is 0.154. The molecule has 5 rings (SSSR count). The second-order valence-corrected chi connectivity index (χ2v) is 6.44. The number of imidazole rings is 1. The van der Waals surface area contributed by atoms with Crippen LogP contribution in [-0.4, -0.2) is 19.6 Å². The zero-order chi connectivity index (χ0) is 15.4. The third kappa shape index (κ3) is 1.75. The summed E-state index contributed by atoms with van der Waals surface area (Å²) in [6.45, 7) is 0. The lowest BCUT2D eigenvalue weighted by atomic mass is 9.76. The lowest BCUT2D eigenvalue weighted by molar-refractivity contribution is 0.0718. The van der Waals surface area contributed by atoms with Gasteiger partial charge in [-0.25, -0.2) is 4.98 Å². The molecule has 0 saturated carbocycles. The molecule has 1 unspecified atom stereocenters. The molecular formula is C19H17N3O. The van der Waals surface area contributed by atoms with Crippen LogP contribution in [0.3, 0.4) is 0 Å². The van der Waals surface area contributed by atoms with Crippen LogP contribution in [0, 0.1) is 5.92 Å². The number of fused-ring (bicyclic) bond motifs is 4. The van der Waals surface area contributed by atoms with E-state index in [2.05, 4.69) is 38.8 Å². The number of aliphatic hydroxyl groups excluding tert-OH is 1. The van der Waals surface area contributed by atoms with Crippen LogP contribution in [0.15, 0.2) is 55.2 Å². The van der Waals surface area contributed by atoms with Gasteiger partial charge in [0, 0.05) is 23.9 Å². The highest BCUT2D eigenvalue weighted by molar-refractivity contribution is 5.69. The molecule has 0 bridgehead atoms. The maximum atomic E-state index is 11.0. The maximum Gasteiger partial charge on any atom is 0.0956 e. The Morgan fingerprint density at radius 2 is 1.96 bits per heavy atom. The number of aryl methyl sites for hydroxylation is 1. The van der Waals surface area contributed by atoms with Crippen LogP contribution in [0.25, 0.3) is 11.3 Å². The fraction of sp³-hybridized carbons (Fsp3) is 0.263. The van der Waals surface area contributed by atoms with Crippen molar-refractivity contribution >= 4 is 0 Å². The van der Waals surface area contributed by atoms with E-state index in [0.29, 0.717) is 0 Å². The first-order valence-corrected chi connectivity index (χ1v) is 8.06. The second kappa shape index (κ2) is 4.77. The van der Waals surface area contributed by atoms with E-state index in [1.807, 2.05) is 24.8 Å². The Balaban J connectivity index is 1.64. The van der Waals surface area contributed by atoms with E-state index in [1.54, 1.807) is 6.20 Å². The lowest BCUT2D eigenvalue weighted by Crippen LogP contribution is -2.28. The van der Waals surface area contributed by atoms with Crippen molar-refractivity contribution in [3.8, 4) is 11.3 Å². The number of benzene rings is 1. The maximum absolute atomic E-state index is 11.0. The minimum absolute atomic E-state index is 0.153. The number of nitrogens with zero attached hydrogens (tertiary/aromatic N) is 3. The van der Waals surface area contributed by atoms with E-state index < -0.39 is 6.10 Å². The van der Waals surface area contributed by atoms with Crippen molar-refractivity contribution in [3.63, 3.8) is 0 Å². The summed E-state index contributed by atoms with van der Waals surface area (Å²) in [6, 6.07) is 10.6. The molecule has 3 atom stereocenters. The Bertz CT molecular complexity index is 886. The van der Waals surface area contributed by atoms with E-state index in [-0.39, 0.29) is 12.0 Å². The molecule has 0 saturated heterocycles. The molecule has 4 heteroatoms. The van der Waals surface area contributed by atoms with Gasteiger partial charge in [-0.3, -0.25) is 4.98 Å². The van der Waals surface area contributed by atoms with Gasteiger partial charge in [-0.1, -0.05) is 24.3 Å². The number of pyridine rings is 1. The summed E-state index contributed by atoms with van der Waals surface area (Å²) in [5, 5.41) is 11.0. The SMILES string of the molecule is O[C@H]1c2ccncc2CC[C@H]1C1c2ccccc2-c2cncn21.